The molecule has 12 heteroatoms. The van der Waals surface area contributed by atoms with Gasteiger partial charge in [-0.15, -0.1) is 0 Å². The van der Waals surface area contributed by atoms with Gasteiger partial charge >= 0.3 is 18.2 Å². The first kappa shape index (κ1) is 32.2. The Balaban J connectivity index is 1.13. The average Bonchev–Trinajstić information content (AvgIpc) is 3.58. The normalized spacial score (nSPS) is 12.2. The van der Waals surface area contributed by atoms with Crippen LogP contribution < -0.4 is 10.6 Å². The first-order valence-corrected chi connectivity index (χ1v) is 15.6. The zero-order chi connectivity index (χ0) is 33.7. The molecule has 0 bridgehead atoms. The summed E-state index contributed by atoms with van der Waals surface area (Å²) < 4.78 is 18.2. The lowest BCUT2D eigenvalue weighted by Crippen LogP contribution is -2.29. The van der Waals surface area contributed by atoms with Gasteiger partial charge in [-0.05, 0) is 48.6 Å². The second-order valence-electron chi connectivity index (χ2n) is 12.3. The van der Waals surface area contributed by atoms with E-state index in [1.807, 2.05) is 54.6 Å². The van der Waals surface area contributed by atoms with Crippen LogP contribution in [0.5, 0.6) is 0 Å². The second-order valence-corrected chi connectivity index (χ2v) is 12.3. The molecule has 12 nitrogen and oxygen atoms in total. The third-order valence-electron chi connectivity index (χ3n) is 7.71. The Morgan fingerprint density at radius 3 is 2.19 bits per heavy atom. The fraction of sp³-hybridized carbons (Fsp3) is 0.278. The predicted octanol–water partition coefficient (Wildman–Crippen LogP) is 6.00. The van der Waals surface area contributed by atoms with Gasteiger partial charge in [-0.3, -0.25) is 10.1 Å². The quantitative estimate of drug-likeness (QED) is 0.138. The van der Waals surface area contributed by atoms with E-state index in [2.05, 4.69) is 49.9 Å². The molecule has 0 atom stereocenters. The summed E-state index contributed by atoms with van der Waals surface area (Å²) in [7, 11) is 0. The van der Waals surface area contributed by atoms with Crippen LogP contribution in [0.1, 0.15) is 49.2 Å². The number of anilines is 1. The number of nitrogens with zero attached hydrogens (tertiary/aromatic N) is 4. The molecule has 0 unspecified atom stereocenters. The summed E-state index contributed by atoms with van der Waals surface area (Å²) in [5.74, 6) is -0.0178. The first-order valence-electron chi connectivity index (χ1n) is 15.6. The molecule has 3 aromatic carbocycles. The number of alkyl carbamates (subject to hydrolysis) is 1. The highest BCUT2D eigenvalue weighted by molar-refractivity contribution is 5.94. The van der Waals surface area contributed by atoms with Crippen molar-refractivity contribution in [1.29, 1.82) is 0 Å². The van der Waals surface area contributed by atoms with Gasteiger partial charge in [-0.2, -0.15) is 0 Å². The Morgan fingerprint density at radius 1 is 0.833 bits per heavy atom. The molecular formula is C36H36N6O6. The maximum absolute atomic E-state index is 12.9. The van der Waals surface area contributed by atoms with Crippen molar-refractivity contribution in [3.8, 4) is 11.1 Å². The van der Waals surface area contributed by atoms with Crippen molar-refractivity contribution in [2.45, 2.75) is 51.9 Å². The van der Waals surface area contributed by atoms with Gasteiger partial charge in [0.1, 0.15) is 37.5 Å². The minimum atomic E-state index is -0.723. The van der Waals surface area contributed by atoms with Crippen LogP contribution in [0.15, 0.2) is 85.2 Å². The number of benzene rings is 3. The number of rotatable bonds is 10. The SMILES string of the molecule is CC(C)(C)OC(=O)Cn1c(CCNC(=O)OCC2c3ccccc3-c3ccccc32)nc2c(NC(=O)OCc3ccccc3)ncnc21. The average molecular weight is 649 g/mol. The van der Waals surface area contributed by atoms with Gasteiger partial charge in [0.2, 0.25) is 0 Å². The third kappa shape index (κ3) is 7.43. The number of esters is 1. The lowest BCUT2D eigenvalue weighted by atomic mass is 9.98. The predicted molar refractivity (Wildman–Crippen MR) is 178 cm³/mol. The highest BCUT2D eigenvalue weighted by atomic mass is 16.6. The van der Waals surface area contributed by atoms with Gasteiger partial charge in [-0.25, -0.2) is 24.5 Å². The topological polar surface area (TPSA) is 147 Å². The molecule has 48 heavy (non-hydrogen) atoms. The van der Waals surface area contributed by atoms with E-state index in [1.165, 1.54) is 6.33 Å². The maximum atomic E-state index is 12.9. The number of carbonyl (C=O) groups is 3. The number of amides is 2. The van der Waals surface area contributed by atoms with E-state index in [-0.39, 0.29) is 50.0 Å². The standard InChI is InChI=1S/C36H36N6O6/c1-36(2,3)48-30(43)19-42-29(40-31-32(38-22-39-33(31)42)41-35(45)46-20-23-11-5-4-6-12-23)17-18-37-34(44)47-21-28-26-15-9-7-13-24(26)25-14-8-10-16-27(25)28/h4-16,22,28H,17-21H2,1-3H3,(H,37,44)(H,38,39,41,45). The van der Waals surface area contributed by atoms with Crippen LogP contribution >= 0.6 is 0 Å². The van der Waals surface area contributed by atoms with E-state index >= 15 is 0 Å². The molecule has 0 spiro atoms. The van der Waals surface area contributed by atoms with Gasteiger partial charge in [-0.1, -0.05) is 78.9 Å². The highest BCUT2D eigenvalue weighted by Crippen LogP contribution is 2.44. The number of hydrogen-bond acceptors (Lipinski definition) is 9. The van der Waals surface area contributed by atoms with E-state index in [4.69, 9.17) is 14.2 Å². The fourth-order valence-corrected chi connectivity index (χ4v) is 5.71. The van der Waals surface area contributed by atoms with Crippen LogP contribution in [0.25, 0.3) is 22.3 Å². The molecule has 246 valence electrons. The summed E-state index contributed by atoms with van der Waals surface area (Å²) in [5.41, 5.74) is 5.23. The van der Waals surface area contributed by atoms with Gasteiger partial charge in [0.15, 0.2) is 17.0 Å². The van der Waals surface area contributed by atoms with Crippen molar-refractivity contribution >= 4 is 35.1 Å². The number of carbonyl (C=O) groups excluding carboxylic acids is 3. The van der Waals surface area contributed by atoms with E-state index < -0.39 is 23.8 Å². The van der Waals surface area contributed by atoms with Crippen molar-refractivity contribution in [2.24, 2.45) is 0 Å². The molecule has 2 heterocycles. The molecule has 0 radical (unpaired) electrons. The van der Waals surface area contributed by atoms with Gasteiger partial charge in [0.05, 0.1) is 0 Å². The molecule has 1 aliphatic rings. The Kier molecular flexibility index (Phi) is 9.33. The van der Waals surface area contributed by atoms with Crippen LogP contribution in [0.4, 0.5) is 15.4 Å². The molecule has 6 rings (SSSR count). The molecule has 5 aromatic rings. The van der Waals surface area contributed by atoms with E-state index in [0.29, 0.717) is 11.5 Å². The fourth-order valence-electron chi connectivity index (χ4n) is 5.71. The summed E-state index contributed by atoms with van der Waals surface area (Å²) in [6.45, 7) is 5.56. The lowest BCUT2D eigenvalue weighted by molar-refractivity contribution is -0.155. The number of nitrogens with one attached hydrogen (secondary N) is 2. The smallest absolute Gasteiger partial charge is 0.413 e. The number of imidazole rings is 1. The van der Waals surface area contributed by atoms with Crippen molar-refractivity contribution in [2.75, 3.05) is 18.5 Å². The Hall–Kier alpha value is -5.78. The molecule has 0 saturated carbocycles. The number of aromatic nitrogens is 4. The summed E-state index contributed by atoms with van der Waals surface area (Å²) in [6, 6.07) is 25.5. The molecule has 1 aliphatic carbocycles. The highest BCUT2D eigenvalue weighted by Gasteiger charge is 2.29. The summed E-state index contributed by atoms with van der Waals surface area (Å²) in [4.78, 5) is 51.5. The summed E-state index contributed by atoms with van der Waals surface area (Å²) in [6.07, 6.45) is 0.191. The molecule has 0 fully saturated rings. The van der Waals surface area contributed by atoms with E-state index in [0.717, 1.165) is 27.8 Å². The van der Waals surface area contributed by atoms with Crippen LogP contribution in [0.3, 0.4) is 0 Å². The van der Waals surface area contributed by atoms with Gasteiger partial charge in [0, 0.05) is 18.9 Å². The largest absolute Gasteiger partial charge is 0.459 e. The zero-order valence-electron chi connectivity index (χ0n) is 26.9. The molecule has 2 N–H and O–H groups in total. The number of ether oxygens (including phenoxy) is 3. The van der Waals surface area contributed by atoms with Crippen molar-refractivity contribution in [1.82, 2.24) is 24.8 Å². The molecule has 2 aromatic heterocycles. The minimum Gasteiger partial charge on any atom is -0.459 e. The lowest BCUT2D eigenvalue weighted by Gasteiger charge is -2.20. The van der Waals surface area contributed by atoms with Gasteiger partial charge < -0.3 is 24.1 Å². The monoisotopic (exact) mass is 648 g/mol. The van der Waals surface area contributed by atoms with E-state index in [9.17, 15) is 14.4 Å². The van der Waals surface area contributed by atoms with Crippen molar-refractivity contribution in [3.63, 3.8) is 0 Å². The van der Waals surface area contributed by atoms with E-state index in [1.54, 1.807) is 25.3 Å². The molecule has 2 amide bonds. The first-order chi connectivity index (χ1) is 23.2. The van der Waals surface area contributed by atoms with Crippen molar-refractivity contribution < 1.29 is 28.6 Å². The minimum absolute atomic E-state index is 0.0648. The Morgan fingerprint density at radius 2 is 1.50 bits per heavy atom. The van der Waals surface area contributed by atoms with Crippen LogP contribution in [-0.2, 0) is 38.6 Å². The molecule has 0 aliphatic heterocycles. The number of fused-ring (bicyclic) bond motifs is 4. The Labute approximate surface area is 277 Å². The van der Waals surface area contributed by atoms with Crippen LogP contribution in [-0.4, -0.2) is 56.4 Å². The van der Waals surface area contributed by atoms with Crippen LogP contribution in [0, 0.1) is 0 Å². The van der Waals surface area contributed by atoms with Crippen molar-refractivity contribution in [3.05, 3.63) is 108 Å². The summed E-state index contributed by atoms with van der Waals surface area (Å²) in [5, 5.41) is 5.41. The summed E-state index contributed by atoms with van der Waals surface area (Å²) >= 11 is 0. The Bertz CT molecular complexity index is 1910. The second kappa shape index (κ2) is 13.9. The maximum Gasteiger partial charge on any atom is 0.413 e. The van der Waals surface area contributed by atoms with Gasteiger partial charge in [0.25, 0.3) is 0 Å². The number of hydrogen-bond donors (Lipinski definition) is 2. The molecular weight excluding hydrogens is 612 g/mol. The third-order valence-corrected chi connectivity index (χ3v) is 7.71. The zero-order valence-corrected chi connectivity index (χ0v) is 26.9. The molecule has 0 saturated heterocycles. The van der Waals surface area contributed by atoms with Crippen LogP contribution in [0.2, 0.25) is 0 Å².